The number of nitrogens with one attached hydrogen (secondary N) is 2. The monoisotopic (exact) mass is 236 g/mol. The number of halogens is 1. The second kappa shape index (κ2) is 5.27. The first-order valence-corrected chi connectivity index (χ1v) is 5.96. The van der Waals surface area contributed by atoms with E-state index < -0.39 is 0 Å². The zero-order chi connectivity index (χ0) is 12.3. The van der Waals surface area contributed by atoms with E-state index in [2.05, 4.69) is 10.6 Å². The molecular weight excluding hydrogens is 219 g/mol. The first-order valence-electron chi connectivity index (χ1n) is 5.96. The van der Waals surface area contributed by atoms with Crippen molar-refractivity contribution in [2.45, 2.75) is 31.8 Å². The lowest BCUT2D eigenvalue weighted by molar-refractivity contribution is -0.123. The van der Waals surface area contributed by atoms with Crippen LogP contribution < -0.4 is 10.6 Å². The van der Waals surface area contributed by atoms with Crippen LogP contribution in [0.1, 0.15) is 31.4 Å². The van der Waals surface area contributed by atoms with Crippen molar-refractivity contribution in [3.63, 3.8) is 0 Å². The van der Waals surface area contributed by atoms with Gasteiger partial charge in [-0.1, -0.05) is 12.1 Å². The zero-order valence-corrected chi connectivity index (χ0v) is 9.87. The summed E-state index contributed by atoms with van der Waals surface area (Å²) in [4.78, 5) is 11.8. The predicted molar refractivity (Wildman–Crippen MR) is 64.0 cm³/mol. The molecule has 2 rings (SSSR count). The van der Waals surface area contributed by atoms with Crippen molar-refractivity contribution in [2.75, 3.05) is 6.54 Å². The van der Waals surface area contributed by atoms with Crippen LogP contribution >= 0.6 is 0 Å². The molecule has 1 heterocycles. The molecule has 1 fully saturated rings. The third kappa shape index (κ3) is 3.03. The van der Waals surface area contributed by atoms with Crippen LogP contribution in [0.5, 0.6) is 0 Å². The molecule has 2 unspecified atom stereocenters. The fraction of sp³-hybridized carbons (Fsp3) is 0.462. The number of benzene rings is 1. The highest BCUT2D eigenvalue weighted by Gasteiger charge is 2.23. The summed E-state index contributed by atoms with van der Waals surface area (Å²) in [7, 11) is 0. The van der Waals surface area contributed by atoms with E-state index in [1.807, 2.05) is 6.92 Å². The summed E-state index contributed by atoms with van der Waals surface area (Å²) in [5.41, 5.74) is 0.915. The Bertz CT molecular complexity index is 385. The molecule has 1 aromatic rings. The standard InChI is InChI=1S/C13H17FN2O/c1-9(10-4-6-11(14)7-5-10)16-13(17)12-3-2-8-15-12/h4-7,9,12,15H,2-3,8H2,1H3,(H,16,17). The van der Waals surface area contributed by atoms with Gasteiger partial charge in [-0.3, -0.25) is 4.79 Å². The largest absolute Gasteiger partial charge is 0.348 e. The second-order valence-electron chi connectivity index (χ2n) is 4.43. The normalized spacial score (nSPS) is 21.2. The second-order valence-corrected chi connectivity index (χ2v) is 4.43. The summed E-state index contributed by atoms with van der Waals surface area (Å²) < 4.78 is 12.8. The lowest BCUT2D eigenvalue weighted by Crippen LogP contribution is -2.41. The van der Waals surface area contributed by atoms with Gasteiger partial charge in [-0.25, -0.2) is 4.39 Å². The van der Waals surface area contributed by atoms with Gasteiger partial charge in [0.2, 0.25) is 5.91 Å². The minimum atomic E-state index is -0.260. The Morgan fingerprint density at radius 3 is 2.76 bits per heavy atom. The Kier molecular flexibility index (Phi) is 3.74. The summed E-state index contributed by atoms with van der Waals surface area (Å²) in [5.74, 6) is -0.232. The number of amides is 1. The van der Waals surface area contributed by atoms with Gasteiger partial charge in [0.25, 0.3) is 0 Å². The molecule has 3 nitrogen and oxygen atoms in total. The van der Waals surface area contributed by atoms with E-state index in [9.17, 15) is 9.18 Å². The van der Waals surface area contributed by atoms with Crippen molar-refractivity contribution in [2.24, 2.45) is 0 Å². The third-order valence-corrected chi connectivity index (χ3v) is 3.11. The molecule has 1 aliphatic heterocycles. The van der Waals surface area contributed by atoms with Gasteiger partial charge in [-0.15, -0.1) is 0 Å². The summed E-state index contributed by atoms with van der Waals surface area (Å²) in [6.07, 6.45) is 1.94. The Balaban J connectivity index is 1.93. The maximum Gasteiger partial charge on any atom is 0.237 e. The molecular formula is C13H17FN2O. The third-order valence-electron chi connectivity index (χ3n) is 3.11. The molecule has 1 saturated heterocycles. The zero-order valence-electron chi connectivity index (χ0n) is 9.87. The fourth-order valence-electron chi connectivity index (χ4n) is 2.06. The van der Waals surface area contributed by atoms with Gasteiger partial charge in [0.05, 0.1) is 12.1 Å². The molecule has 0 saturated carbocycles. The van der Waals surface area contributed by atoms with Gasteiger partial charge in [0, 0.05) is 0 Å². The van der Waals surface area contributed by atoms with E-state index in [0.717, 1.165) is 24.9 Å². The van der Waals surface area contributed by atoms with Crippen molar-refractivity contribution >= 4 is 5.91 Å². The summed E-state index contributed by atoms with van der Waals surface area (Å²) in [6.45, 7) is 2.81. The highest BCUT2D eigenvalue weighted by Crippen LogP contribution is 2.14. The first kappa shape index (κ1) is 12.0. The molecule has 1 aliphatic rings. The van der Waals surface area contributed by atoms with Crippen LogP contribution in [-0.4, -0.2) is 18.5 Å². The number of carbonyl (C=O) groups is 1. The topological polar surface area (TPSA) is 41.1 Å². The predicted octanol–water partition coefficient (Wildman–Crippen LogP) is 1.75. The van der Waals surface area contributed by atoms with Crippen LogP contribution in [0.4, 0.5) is 4.39 Å². The van der Waals surface area contributed by atoms with Crippen molar-refractivity contribution in [1.29, 1.82) is 0 Å². The first-order chi connectivity index (χ1) is 8.16. The van der Waals surface area contributed by atoms with Crippen molar-refractivity contribution < 1.29 is 9.18 Å². The highest BCUT2D eigenvalue weighted by molar-refractivity contribution is 5.82. The van der Waals surface area contributed by atoms with Crippen LogP contribution in [0.25, 0.3) is 0 Å². The van der Waals surface area contributed by atoms with Crippen molar-refractivity contribution in [1.82, 2.24) is 10.6 Å². The molecule has 0 aromatic heterocycles. The van der Waals surface area contributed by atoms with Crippen LogP contribution in [0.3, 0.4) is 0 Å². The molecule has 92 valence electrons. The summed E-state index contributed by atoms with van der Waals surface area (Å²) >= 11 is 0. The Morgan fingerprint density at radius 2 is 2.18 bits per heavy atom. The van der Waals surface area contributed by atoms with E-state index in [1.165, 1.54) is 12.1 Å². The molecule has 2 atom stereocenters. The Morgan fingerprint density at radius 1 is 1.47 bits per heavy atom. The molecule has 17 heavy (non-hydrogen) atoms. The van der Waals surface area contributed by atoms with E-state index in [1.54, 1.807) is 12.1 Å². The minimum Gasteiger partial charge on any atom is -0.348 e. The Hall–Kier alpha value is -1.42. The van der Waals surface area contributed by atoms with Gasteiger partial charge in [-0.2, -0.15) is 0 Å². The van der Waals surface area contributed by atoms with Crippen LogP contribution in [0.2, 0.25) is 0 Å². The van der Waals surface area contributed by atoms with Gasteiger partial charge in [0.15, 0.2) is 0 Å². The fourth-order valence-corrected chi connectivity index (χ4v) is 2.06. The summed E-state index contributed by atoms with van der Waals surface area (Å²) in [6, 6.07) is 6.05. The lowest BCUT2D eigenvalue weighted by atomic mass is 10.1. The molecule has 1 amide bonds. The van der Waals surface area contributed by atoms with Gasteiger partial charge in [0.1, 0.15) is 5.82 Å². The van der Waals surface area contributed by atoms with E-state index in [0.29, 0.717) is 0 Å². The molecule has 0 radical (unpaired) electrons. The van der Waals surface area contributed by atoms with Gasteiger partial charge < -0.3 is 10.6 Å². The SMILES string of the molecule is CC(NC(=O)C1CCCN1)c1ccc(F)cc1. The number of rotatable bonds is 3. The van der Waals surface area contributed by atoms with Crippen LogP contribution in [-0.2, 0) is 4.79 Å². The molecule has 2 N–H and O–H groups in total. The van der Waals surface area contributed by atoms with Crippen molar-refractivity contribution in [3.8, 4) is 0 Å². The van der Waals surface area contributed by atoms with Crippen LogP contribution in [0, 0.1) is 5.82 Å². The highest BCUT2D eigenvalue weighted by atomic mass is 19.1. The van der Waals surface area contributed by atoms with Crippen LogP contribution in [0.15, 0.2) is 24.3 Å². The maximum absolute atomic E-state index is 12.8. The molecule has 1 aromatic carbocycles. The van der Waals surface area contributed by atoms with E-state index in [4.69, 9.17) is 0 Å². The lowest BCUT2D eigenvalue weighted by Gasteiger charge is -2.17. The molecule has 0 aliphatic carbocycles. The number of carbonyl (C=O) groups excluding carboxylic acids is 1. The minimum absolute atomic E-state index is 0.0272. The van der Waals surface area contributed by atoms with Gasteiger partial charge in [-0.05, 0) is 44.0 Å². The Labute approximate surface area is 100 Å². The average molecular weight is 236 g/mol. The number of hydrogen-bond acceptors (Lipinski definition) is 2. The van der Waals surface area contributed by atoms with Gasteiger partial charge >= 0.3 is 0 Å². The summed E-state index contributed by atoms with van der Waals surface area (Å²) in [5, 5.41) is 6.08. The van der Waals surface area contributed by atoms with E-state index >= 15 is 0 Å². The van der Waals surface area contributed by atoms with E-state index in [-0.39, 0.29) is 23.8 Å². The molecule has 0 bridgehead atoms. The van der Waals surface area contributed by atoms with Crippen molar-refractivity contribution in [3.05, 3.63) is 35.6 Å². The quantitative estimate of drug-likeness (QED) is 0.839. The number of hydrogen-bond donors (Lipinski definition) is 2. The molecule has 4 heteroatoms. The molecule has 0 spiro atoms. The average Bonchev–Trinajstić information content (AvgIpc) is 2.83. The smallest absolute Gasteiger partial charge is 0.237 e. The maximum atomic E-state index is 12.8.